The number of methoxy groups -OCH3 is 1. The molecule has 1 aromatic rings. The molecule has 0 unspecified atom stereocenters. The summed E-state index contributed by atoms with van der Waals surface area (Å²) in [7, 11) is 1.59. The SMILES string of the molecule is COc1cc(C[C@H]2C(=O)CCC[C@@H]2C)c(O)cc1Br. The molecular weight excluding hydrogens is 308 g/mol. The number of carbonyl (C=O) groups is 1. The van der Waals surface area contributed by atoms with Gasteiger partial charge < -0.3 is 9.84 Å². The first-order valence-corrected chi connectivity index (χ1v) is 7.40. The Morgan fingerprint density at radius 3 is 2.84 bits per heavy atom. The number of phenols is 1. The molecule has 1 fully saturated rings. The minimum Gasteiger partial charge on any atom is -0.508 e. The van der Waals surface area contributed by atoms with Crippen molar-refractivity contribution in [3.05, 3.63) is 22.2 Å². The third-order valence-electron chi connectivity index (χ3n) is 3.98. The van der Waals surface area contributed by atoms with Crippen LogP contribution in [-0.2, 0) is 11.2 Å². The Morgan fingerprint density at radius 2 is 2.21 bits per heavy atom. The van der Waals surface area contributed by atoms with Crippen molar-refractivity contribution >= 4 is 21.7 Å². The molecule has 1 aliphatic carbocycles. The quantitative estimate of drug-likeness (QED) is 0.920. The zero-order chi connectivity index (χ0) is 14.0. The summed E-state index contributed by atoms with van der Waals surface area (Å²) in [6.07, 6.45) is 3.34. The van der Waals surface area contributed by atoms with Gasteiger partial charge in [0.15, 0.2) is 0 Å². The lowest BCUT2D eigenvalue weighted by Gasteiger charge is -2.27. The van der Waals surface area contributed by atoms with Crippen LogP contribution in [0.1, 0.15) is 31.7 Å². The van der Waals surface area contributed by atoms with Gasteiger partial charge in [-0.2, -0.15) is 0 Å². The average Bonchev–Trinajstić information content (AvgIpc) is 2.36. The first-order valence-electron chi connectivity index (χ1n) is 6.61. The minimum absolute atomic E-state index is 0.0190. The highest BCUT2D eigenvalue weighted by atomic mass is 79.9. The summed E-state index contributed by atoms with van der Waals surface area (Å²) in [5.41, 5.74) is 0.784. The molecule has 104 valence electrons. The number of halogens is 1. The van der Waals surface area contributed by atoms with Crippen LogP contribution in [0.15, 0.2) is 16.6 Å². The zero-order valence-corrected chi connectivity index (χ0v) is 12.9. The molecule has 0 aliphatic heterocycles. The van der Waals surface area contributed by atoms with E-state index in [0.29, 0.717) is 30.3 Å². The van der Waals surface area contributed by atoms with Crippen molar-refractivity contribution in [1.82, 2.24) is 0 Å². The summed E-state index contributed by atoms with van der Waals surface area (Å²) in [5.74, 6) is 1.63. The number of phenolic OH excluding ortho intramolecular Hbond substituents is 1. The monoisotopic (exact) mass is 326 g/mol. The number of ketones is 1. The van der Waals surface area contributed by atoms with Crippen molar-refractivity contribution in [3.63, 3.8) is 0 Å². The molecule has 3 nitrogen and oxygen atoms in total. The van der Waals surface area contributed by atoms with E-state index in [4.69, 9.17) is 4.74 Å². The molecule has 2 rings (SSSR count). The molecule has 0 spiro atoms. The first kappa shape index (κ1) is 14.4. The lowest BCUT2D eigenvalue weighted by atomic mass is 9.76. The molecule has 1 N–H and O–H groups in total. The maximum atomic E-state index is 12.0. The van der Waals surface area contributed by atoms with Crippen LogP contribution < -0.4 is 4.74 Å². The predicted octanol–water partition coefficient (Wildman–Crippen LogP) is 3.71. The fourth-order valence-electron chi connectivity index (χ4n) is 2.76. The number of Topliss-reactive ketones (excluding diaryl/α,β-unsaturated/α-hetero) is 1. The van der Waals surface area contributed by atoms with Gasteiger partial charge in [-0.05, 0) is 58.8 Å². The van der Waals surface area contributed by atoms with E-state index in [0.717, 1.165) is 22.9 Å². The molecule has 1 saturated carbocycles. The van der Waals surface area contributed by atoms with Crippen LogP contribution in [0, 0.1) is 11.8 Å². The number of aromatic hydroxyl groups is 1. The van der Waals surface area contributed by atoms with Gasteiger partial charge in [0.1, 0.15) is 17.3 Å². The Labute approximate surface area is 122 Å². The molecule has 19 heavy (non-hydrogen) atoms. The number of carbonyl (C=O) groups excluding carboxylic acids is 1. The van der Waals surface area contributed by atoms with Crippen LogP contribution in [0.4, 0.5) is 0 Å². The molecular formula is C15H19BrO3. The van der Waals surface area contributed by atoms with E-state index in [9.17, 15) is 9.90 Å². The summed E-state index contributed by atoms with van der Waals surface area (Å²) in [6.45, 7) is 2.12. The topological polar surface area (TPSA) is 46.5 Å². The summed E-state index contributed by atoms with van der Waals surface area (Å²) < 4.78 is 5.96. The van der Waals surface area contributed by atoms with Gasteiger partial charge in [0, 0.05) is 12.3 Å². The summed E-state index contributed by atoms with van der Waals surface area (Å²) >= 11 is 3.34. The molecule has 0 aromatic heterocycles. The van der Waals surface area contributed by atoms with Gasteiger partial charge in [-0.1, -0.05) is 6.92 Å². The number of benzene rings is 1. The van der Waals surface area contributed by atoms with Crippen molar-refractivity contribution in [3.8, 4) is 11.5 Å². The fourth-order valence-corrected chi connectivity index (χ4v) is 3.25. The molecule has 0 radical (unpaired) electrons. The molecule has 0 bridgehead atoms. The highest BCUT2D eigenvalue weighted by Gasteiger charge is 2.29. The summed E-state index contributed by atoms with van der Waals surface area (Å²) in [6, 6.07) is 3.44. The largest absolute Gasteiger partial charge is 0.508 e. The van der Waals surface area contributed by atoms with Gasteiger partial charge in [-0.3, -0.25) is 4.79 Å². The van der Waals surface area contributed by atoms with E-state index in [1.54, 1.807) is 13.2 Å². The normalized spacial score (nSPS) is 23.4. The average molecular weight is 327 g/mol. The highest BCUT2D eigenvalue weighted by molar-refractivity contribution is 9.10. The Bertz CT molecular complexity index is 485. The fraction of sp³-hybridized carbons (Fsp3) is 0.533. The van der Waals surface area contributed by atoms with E-state index in [-0.39, 0.29) is 11.7 Å². The molecule has 1 aromatic carbocycles. The van der Waals surface area contributed by atoms with E-state index >= 15 is 0 Å². The van der Waals surface area contributed by atoms with Gasteiger partial charge in [0.05, 0.1) is 11.6 Å². The van der Waals surface area contributed by atoms with E-state index in [1.807, 2.05) is 6.07 Å². The van der Waals surface area contributed by atoms with Crippen molar-refractivity contribution < 1.29 is 14.6 Å². The van der Waals surface area contributed by atoms with Crippen molar-refractivity contribution in [2.45, 2.75) is 32.6 Å². The lowest BCUT2D eigenvalue weighted by molar-refractivity contribution is -0.126. The van der Waals surface area contributed by atoms with Crippen LogP contribution in [0.3, 0.4) is 0 Å². The van der Waals surface area contributed by atoms with Gasteiger partial charge in [-0.15, -0.1) is 0 Å². The Balaban J connectivity index is 2.24. The van der Waals surface area contributed by atoms with E-state index in [1.165, 1.54) is 0 Å². The summed E-state index contributed by atoms with van der Waals surface area (Å²) in [4.78, 5) is 12.0. The van der Waals surface area contributed by atoms with Gasteiger partial charge in [0.25, 0.3) is 0 Å². The van der Waals surface area contributed by atoms with E-state index in [2.05, 4.69) is 22.9 Å². The van der Waals surface area contributed by atoms with Crippen LogP contribution in [0.2, 0.25) is 0 Å². The second-order valence-corrected chi connectivity index (χ2v) is 6.12. The lowest BCUT2D eigenvalue weighted by Crippen LogP contribution is -2.28. The number of ether oxygens (including phenoxy) is 1. The minimum atomic E-state index is 0.0190. The predicted molar refractivity (Wildman–Crippen MR) is 77.6 cm³/mol. The molecule has 2 atom stereocenters. The van der Waals surface area contributed by atoms with Crippen molar-refractivity contribution in [1.29, 1.82) is 0 Å². The molecule has 1 aliphatic rings. The van der Waals surface area contributed by atoms with Gasteiger partial charge in [-0.25, -0.2) is 0 Å². The Kier molecular flexibility index (Phi) is 4.50. The van der Waals surface area contributed by atoms with Gasteiger partial charge in [0.2, 0.25) is 0 Å². The first-order chi connectivity index (χ1) is 9.02. The smallest absolute Gasteiger partial charge is 0.136 e. The molecule has 0 heterocycles. The second-order valence-electron chi connectivity index (χ2n) is 5.26. The molecule has 0 saturated heterocycles. The van der Waals surface area contributed by atoms with Crippen LogP contribution in [0.25, 0.3) is 0 Å². The molecule has 4 heteroatoms. The third kappa shape index (κ3) is 3.11. The van der Waals surface area contributed by atoms with Crippen molar-refractivity contribution in [2.24, 2.45) is 11.8 Å². The van der Waals surface area contributed by atoms with Crippen LogP contribution in [0.5, 0.6) is 11.5 Å². The van der Waals surface area contributed by atoms with Crippen molar-refractivity contribution in [2.75, 3.05) is 7.11 Å². The third-order valence-corrected chi connectivity index (χ3v) is 4.60. The Hall–Kier alpha value is -1.03. The van der Waals surface area contributed by atoms with E-state index < -0.39 is 0 Å². The second kappa shape index (κ2) is 5.95. The maximum Gasteiger partial charge on any atom is 0.136 e. The standard InChI is InChI=1S/C15H19BrO3/c1-9-4-3-5-13(17)11(9)6-10-7-15(19-2)12(16)8-14(10)18/h7-9,11,18H,3-6H2,1-2H3/t9-,11+/m0/s1. The summed E-state index contributed by atoms with van der Waals surface area (Å²) in [5, 5.41) is 10.0. The van der Waals surface area contributed by atoms with Crippen LogP contribution in [-0.4, -0.2) is 18.0 Å². The maximum absolute atomic E-state index is 12.0. The zero-order valence-electron chi connectivity index (χ0n) is 11.3. The van der Waals surface area contributed by atoms with Gasteiger partial charge >= 0.3 is 0 Å². The van der Waals surface area contributed by atoms with Crippen LogP contribution >= 0.6 is 15.9 Å². The number of hydrogen-bond acceptors (Lipinski definition) is 3. The molecule has 0 amide bonds. The number of rotatable bonds is 3. The Morgan fingerprint density at radius 1 is 1.47 bits per heavy atom. The highest BCUT2D eigenvalue weighted by Crippen LogP contribution is 2.36. The number of hydrogen-bond donors (Lipinski definition) is 1.